The topological polar surface area (TPSA) is 140 Å². The van der Waals surface area contributed by atoms with Crippen LogP contribution in [0, 0.1) is 0 Å². The van der Waals surface area contributed by atoms with Crippen LogP contribution in [0.2, 0.25) is 0 Å². The van der Waals surface area contributed by atoms with E-state index in [9.17, 15) is 9.90 Å². The molecule has 0 bridgehead atoms. The van der Waals surface area contributed by atoms with Crippen molar-refractivity contribution >= 4 is 5.91 Å². The Bertz CT molecular complexity index is 384. The number of hydrogen-bond acceptors (Lipinski definition) is 7. The molecule has 6 atom stereocenters. The van der Waals surface area contributed by atoms with Crippen molar-refractivity contribution in [3.05, 3.63) is 0 Å². The normalized spacial score (nSPS) is 35.9. The molecular weight excluding hydrogens is 302 g/mol. The molecule has 1 aliphatic carbocycles. The zero-order chi connectivity index (χ0) is 16.8. The van der Waals surface area contributed by atoms with Crippen molar-refractivity contribution in [2.45, 2.75) is 75.2 Å². The van der Waals surface area contributed by atoms with E-state index in [1.165, 1.54) is 0 Å². The number of amides is 1. The second-order valence-electron chi connectivity index (χ2n) is 6.47. The van der Waals surface area contributed by atoms with Gasteiger partial charge in [-0.15, -0.1) is 0 Å². The molecule has 1 aliphatic heterocycles. The maximum atomic E-state index is 11.9. The minimum atomic E-state index is -1.08. The summed E-state index contributed by atoms with van der Waals surface area (Å²) in [6.07, 6.45) is 2.13. The average molecular weight is 331 g/mol. The van der Waals surface area contributed by atoms with Gasteiger partial charge in [0.1, 0.15) is 6.10 Å². The molecule has 0 aromatic heterocycles. The van der Waals surface area contributed by atoms with E-state index in [4.69, 9.17) is 26.0 Å². The monoisotopic (exact) mass is 331 g/mol. The van der Waals surface area contributed by atoms with E-state index in [-0.39, 0.29) is 50.2 Å². The summed E-state index contributed by atoms with van der Waals surface area (Å²) in [5.74, 6) is -0.411. The molecular formula is C15H29N3O5. The Kier molecular flexibility index (Phi) is 7.19. The summed E-state index contributed by atoms with van der Waals surface area (Å²) in [6, 6.07) is -0.195. The number of nitrogens with two attached hydrogens (primary N) is 2. The molecule has 1 saturated carbocycles. The molecule has 6 unspecified atom stereocenters. The SMILES string of the molecule is NCCC(O)C(=O)NC1CC(N)CC(OC2CCC(CO)O2)C1. The maximum Gasteiger partial charge on any atom is 0.249 e. The lowest BCUT2D eigenvalue weighted by Crippen LogP contribution is -2.50. The van der Waals surface area contributed by atoms with Crippen molar-refractivity contribution in [1.29, 1.82) is 0 Å². The van der Waals surface area contributed by atoms with Crippen molar-refractivity contribution in [3.8, 4) is 0 Å². The summed E-state index contributed by atoms with van der Waals surface area (Å²) in [6.45, 7) is 0.261. The Morgan fingerprint density at radius 2 is 2.13 bits per heavy atom. The molecule has 1 heterocycles. The van der Waals surface area contributed by atoms with Gasteiger partial charge in [-0.3, -0.25) is 4.79 Å². The van der Waals surface area contributed by atoms with Crippen molar-refractivity contribution < 1.29 is 24.5 Å². The molecule has 8 heteroatoms. The molecule has 0 radical (unpaired) electrons. The van der Waals surface area contributed by atoms with Crippen molar-refractivity contribution in [2.24, 2.45) is 11.5 Å². The number of nitrogens with one attached hydrogen (secondary N) is 1. The molecule has 23 heavy (non-hydrogen) atoms. The molecule has 1 saturated heterocycles. The minimum Gasteiger partial charge on any atom is -0.394 e. The molecule has 134 valence electrons. The summed E-state index contributed by atoms with van der Waals surface area (Å²) in [7, 11) is 0. The van der Waals surface area contributed by atoms with E-state index >= 15 is 0 Å². The molecule has 1 amide bonds. The fourth-order valence-electron chi connectivity index (χ4n) is 3.25. The summed E-state index contributed by atoms with van der Waals surface area (Å²) >= 11 is 0. The zero-order valence-electron chi connectivity index (χ0n) is 13.4. The van der Waals surface area contributed by atoms with Crippen LogP contribution in [0.4, 0.5) is 0 Å². The first-order valence-corrected chi connectivity index (χ1v) is 8.37. The third-order valence-electron chi connectivity index (χ3n) is 4.41. The van der Waals surface area contributed by atoms with Crippen LogP contribution in [0.1, 0.15) is 38.5 Å². The van der Waals surface area contributed by atoms with Gasteiger partial charge in [-0.25, -0.2) is 0 Å². The maximum absolute atomic E-state index is 11.9. The smallest absolute Gasteiger partial charge is 0.249 e. The first kappa shape index (κ1) is 18.6. The summed E-state index contributed by atoms with van der Waals surface area (Å²) in [4.78, 5) is 11.9. The molecule has 0 spiro atoms. The van der Waals surface area contributed by atoms with Crippen LogP contribution >= 0.6 is 0 Å². The Hall–Kier alpha value is -0.770. The zero-order valence-corrected chi connectivity index (χ0v) is 13.4. The van der Waals surface area contributed by atoms with Crippen LogP contribution in [-0.2, 0) is 14.3 Å². The number of aliphatic hydroxyl groups excluding tert-OH is 2. The van der Waals surface area contributed by atoms with Gasteiger partial charge in [0.2, 0.25) is 5.91 Å². The molecule has 2 fully saturated rings. The van der Waals surface area contributed by atoms with E-state index < -0.39 is 12.0 Å². The molecule has 2 aliphatic rings. The van der Waals surface area contributed by atoms with Gasteiger partial charge in [-0.2, -0.15) is 0 Å². The number of ether oxygens (including phenoxy) is 2. The van der Waals surface area contributed by atoms with Crippen LogP contribution in [0.3, 0.4) is 0 Å². The predicted octanol–water partition coefficient (Wildman–Crippen LogP) is -1.43. The van der Waals surface area contributed by atoms with Crippen LogP contribution in [-0.4, -0.2) is 66.0 Å². The fourth-order valence-corrected chi connectivity index (χ4v) is 3.25. The second-order valence-corrected chi connectivity index (χ2v) is 6.47. The third-order valence-corrected chi connectivity index (χ3v) is 4.41. The van der Waals surface area contributed by atoms with Gasteiger partial charge < -0.3 is 36.5 Å². The Labute approximate surface area is 136 Å². The van der Waals surface area contributed by atoms with Gasteiger partial charge in [0.15, 0.2) is 6.29 Å². The summed E-state index contributed by atoms with van der Waals surface area (Å²) in [5.41, 5.74) is 11.4. The van der Waals surface area contributed by atoms with Crippen molar-refractivity contribution in [2.75, 3.05) is 13.2 Å². The fraction of sp³-hybridized carbons (Fsp3) is 0.933. The van der Waals surface area contributed by atoms with Crippen molar-refractivity contribution in [1.82, 2.24) is 5.32 Å². The average Bonchev–Trinajstić information content (AvgIpc) is 2.94. The third kappa shape index (κ3) is 5.66. The highest BCUT2D eigenvalue weighted by molar-refractivity contribution is 5.80. The number of carbonyl (C=O) groups excluding carboxylic acids is 1. The van der Waals surface area contributed by atoms with Gasteiger partial charge in [0, 0.05) is 18.5 Å². The van der Waals surface area contributed by atoms with Gasteiger partial charge in [-0.1, -0.05) is 0 Å². The van der Waals surface area contributed by atoms with E-state index in [2.05, 4.69) is 5.32 Å². The van der Waals surface area contributed by atoms with Gasteiger partial charge in [0.05, 0.1) is 18.8 Å². The lowest BCUT2D eigenvalue weighted by molar-refractivity contribution is -0.175. The first-order chi connectivity index (χ1) is 11.0. The van der Waals surface area contributed by atoms with Gasteiger partial charge in [0.25, 0.3) is 0 Å². The quantitative estimate of drug-likeness (QED) is 0.385. The lowest BCUT2D eigenvalue weighted by Gasteiger charge is -2.35. The van der Waals surface area contributed by atoms with Gasteiger partial charge in [-0.05, 0) is 38.6 Å². The number of carbonyl (C=O) groups is 1. The second kappa shape index (κ2) is 8.91. The minimum absolute atomic E-state index is 0.00174. The number of aliphatic hydroxyl groups is 2. The lowest BCUT2D eigenvalue weighted by atomic mass is 9.89. The van der Waals surface area contributed by atoms with Crippen LogP contribution in [0.5, 0.6) is 0 Å². The van der Waals surface area contributed by atoms with Crippen LogP contribution < -0.4 is 16.8 Å². The standard InChI is InChI=1S/C15H29N3O5/c16-4-3-13(20)15(21)18-10-5-9(17)6-12(7-10)23-14-2-1-11(8-19)22-14/h9-14,19-20H,1-8,16-17H2,(H,18,21). The highest BCUT2D eigenvalue weighted by atomic mass is 16.7. The van der Waals surface area contributed by atoms with E-state index in [0.29, 0.717) is 19.3 Å². The summed E-state index contributed by atoms with van der Waals surface area (Å²) < 4.78 is 11.5. The van der Waals surface area contributed by atoms with Crippen LogP contribution in [0.25, 0.3) is 0 Å². The van der Waals surface area contributed by atoms with Crippen LogP contribution in [0.15, 0.2) is 0 Å². The Balaban J connectivity index is 1.80. The Morgan fingerprint density at radius 1 is 1.35 bits per heavy atom. The number of hydrogen-bond donors (Lipinski definition) is 5. The van der Waals surface area contributed by atoms with E-state index in [0.717, 1.165) is 12.8 Å². The highest BCUT2D eigenvalue weighted by Crippen LogP contribution is 2.27. The summed E-state index contributed by atoms with van der Waals surface area (Å²) in [5, 5.41) is 21.6. The predicted molar refractivity (Wildman–Crippen MR) is 83.3 cm³/mol. The molecule has 0 aromatic carbocycles. The van der Waals surface area contributed by atoms with E-state index in [1.54, 1.807) is 0 Å². The van der Waals surface area contributed by atoms with Crippen molar-refractivity contribution in [3.63, 3.8) is 0 Å². The van der Waals surface area contributed by atoms with E-state index in [1.807, 2.05) is 0 Å². The number of rotatable bonds is 7. The highest BCUT2D eigenvalue weighted by Gasteiger charge is 2.33. The molecule has 0 aromatic rings. The van der Waals surface area contributed by atoms with Gasteiger partial charge >= 0.3 is 0 Å². The molecule has 7 N–H and O–H groups in total. The molecule has 8 nitrogen and oxygen atoms in total. The molecule has 2 rings (SSSR count). The Morgan fingerprint density at radius 3 is 2.78 bits per heavy atom. The largest absolute Gasteiger partial charge is 0.394 e. The first-order valence-electron chi connectivity index (χ1n) is 8.37.